The average Bonchev–Trinajstić information content (AvgIpc) is 3.22. The summed E-state index contributed by atoms with van der Waals surface area (Å²) in [6.07, 6.45) is 0.0242. The molecule has 0 radical (unpaired) electrons. The smallest absolute Gasteiger partial charge is 0.407 e. The van der Waals surface area contributed by atoms with Crippen molar-refractivity contribution in [1.82, 2.24) is 4.90 Å². The van der Waals surface area contributed by atoms with E-state index in [0.717, 1.165) is 30.8 Å². The van der Waals surface area contributed by atoms with Gasteiger partial charge in [-0.15, -0.1) is 0 Å². The SMILES string of the molecule is NCc1cccc(CN(CC2CN(C(=O)O)CC2Cc2ccccc2)c2ccc(Cl)cc2)c1. The van der Waals surface area contributed by atoms with Crippen LogP contribution >= 0.6 is 11.6 Å². The number of rotatable bonds is 8. The van der Waals surface area contributed by atoms with Gasteiger partial charge in [0.2, 0.25) is 0 Å². The highest BCUT2D eigenvalue weighted by Gasteiger charge is 2.36. The summed E-state index contributed by atoms with van der Waals surface area (Å²) >= 11 is 6.15. The van der Waals surface area contributed by atoms with E-state index < -0.39 is 6.09 Å². The summed E-state index contributed by atoms with van der Waals surface area (Å²) in [7, 11) is 0. The molecule has 33 heavy (non-hydrogen) atoms. The first-order valence-electron chi connectivity index (χ1n) is 11.3. The number of halogens is 1. The third-order valence-corrected chi connectivity index (χ3v) is 6.69. The zero-order valence-corrected chi connectivity index (χ0v) is 19.4. The average molecular weight is 464 g/mol. The molecule has 0 aromatic heterocycles. The number of hydrogen-bond donors (Lipinski definition) is 2. The summed E-state index contributed by atoms with van der Waals surface area (Å²) < 4.78 is 0. The fourth-order valence-electron chi connectivity index (χ4n) is 4.72. The topological polar surface area (TPSA) is 69.8 Å². The predicted octanol–water partition coefficient (Wildman–Crippen LogP) is 5.27. The lowest BCUT2D eigenvalue weighted by Gasteiger charge is -2.30. The first-order valence-corrected chi connectivity index (χ1v) is 11.7. The number of likely N-dealkylation sites (tertiary alicyclic amines) is 1. The molecule has 0 bridgehead atoms. The van der Waals surface area contributed by atoms with Gasteiger partial charge in [0.1, 0.15) is 0 Å². The van der Waals surface area contributed by atoms with Crippen molar-refractivity contribution in [2.45, 2.75) is 19.5 Å². The fraction of sp³-hybridized carbons (Fsp3) is 0.296. The fourth-order valence-corrected chi connectivity index (χ4v) is 4.85. The lowest BCUT2D eigenvalue weighted by Crippen LogP contribution is -2.34. The summed E-state index contributed by atoms with van der Waals surface area (Å²) in [5.41, 5.74) is 10.5. The highest BCUT2D eigenvalue weighted by Crippen LogP contribution is 2.30. The van der Waals surface area contributed by atoms with Crippen molar-refractivity contribution in [2.24, 2.45) is 17.6 Å². The van der Waals surface area contributed by atoms with Crippen molar-refractivity contribution < 1.29 is 9.90 Å². The van der Waals surface area contributed by atoms with Crippen LogP contribution in [0.25, 0.3) is 0 Å². The van der Waals surface area contributed by atoms with E-state index in [1.54, 1.807) is 4.90 Å². The lowest BCUT2D eigenvalue weighted by atomic mass is 9.89. The third kappa shape index (κ3) is 6.06. The number of nitrogens with two attached hydrogens (primary N) is 1. The first-order chi connectivity index (χ1) is 16.0. The molecule has 1 heterocycles. The van der Waals surface area contributed by atoms with Crippen molar-refractivity contribution in [3.05, 3.63) is 101 Å². The molecule has 3 aromatic carbocycles. The van der Waals surface area contributed by atoms with Crippen LogP contribution < -0.4 is 10.6 Å². The van der Waals surface area contributed by atoms with Crippen LogP contribution in [-0.2, 0) is 19.5 Å². The Morgan fingerprint density at radius 1 is 0.939 bits per heavy atom. The van der Waals surface area contributed by atoms with E-state index in [-0.39, 0.29) is 11.8 Å². The number of benzene rings is 3. The molecular weight excluding hydrogens is 434 g/mol. The Kier molecular flexibility index (Phi) is 7.53. The predicted molar refractivity (Wildman–Crippen MR) is 134 cm³/mol. The first kappa shape index (κ1) is 23.1. The zero-order valence-electron chi connectivity index (χ0n) is 18.6. The summed E-state index contributed by atoms with van der Waals surface area (Å²) in [6, 6.07) is 26.5. The van der Waals surface area contributed by atoms with Crippen molar-refractivity contribution in [3.63, 3.8) is 0 Å². The van der Waals surface area contributed by atoms with E-state index in [9.17, 15) is 9.90 Å². The van der Waals surface area contributed by atoms with Crippen LogP contribution in [0.4, 0.5) is 10.5 Å². The molecule has 0 saturated carbocycles. The Hall–Kier alpha value is -3.02. The van der Waals surface area contributed by atoms with Crippen LogP contribution in [0, 0.1) is 11.8 Å². The highest BCUT2D eigenvalue weighted by atomic mass is 35.5. The lowest BCUT2D eigenvalue weighted by molar-refractivity contribution is 0.153. The largest absolute Gasteiger partial charge is 0.465 e. The number of hydrogen-bond acceptors (Lipinski definition) is 3. The maximum atomic E-state index is 11.8. The van der Waals surface area contributed by atoms with Gasteiger partial charge < -0.3 is 20.6 Å². The molecule has 1 fully saturated rings. The minimum atomic E-state index is -0.843. The molecule has 4 rings (SSSR count). The third-order valence-electron chi connectivity index (χ3n) is 6.43. The maximum Gasteiger partial charge on any atom is 0.407 e. The molecule has 3 aromatic rings. The van der Waals surface area contributed by atoms with Crippen molar-refractivity contribution >= 4 is 23.4 Å². The molecule has 1 saturated heterocycles. The van der Waals surface area contributed by atoms with Crippen LogP contribution in [0.5, 0.6) is 0 Å². The number of amides is 1. The van der Waals surface area contributed by atoms with Gasteiger partial charge in [-0.05, 0) is 59.2 Å². The van der Waals surface area contributed by atoms with Gasteiger partial charge in [0.15, 0.2) is 0 Å². The van der Waals surface area contributed by atoms with Gasteiger partial charge >= 0.3 is 6.09 Å². The Morgan fingerprint density at radius 2 is 1.61 bits per heavy atom. The molecular formula is C27H30ClN3O2. The normalized spacial score (nSPS) is 17.8. The monoisotopic (exact) mass is 463 g/mol. The quantitative estimate of drug-likeness (QED) is 0.477. The van der Waals surface area contributed by atoms with Gasteiger partial charge in [-0.25, -0.2) is 4.79 Å². The second-order valence-corrected chi connectivity index (χ2v) is 9.21. The molecule has 2 unspecified atom stereocenters. The van der Waals surface area contributed by atoms with Crippen molar-refractivity contribution in [3.8, 4) is 0 Å². The second-order valence-electron chi connectivity index (χ2n) is 8.78. The van der Waals surface area contributed by atoms with Crippen LogP contribution in [0.15, 0.2) is 78.9 Å². The number of carboxylic acid groups (broad SMARTS) is 1. The molecule has 0 aliphatic carbocycles. The summed E-state index contributed by atoms with van der Waals surface area (Å²) in [5, 5.41) is 10.4. The van der Waals surface area contributed by atoms with Crippen molar-refractivity contribution in [1.29, 1.82) is 0 Å². The molecule has 172 valence electrons. The molecule has 6 heteroatoms. The second kappa shape index (κ2) is 10.7. The van der Waals surface area contributed by atoms with Crippen LogP contribution in [-0.4, -0.2) is 35.7 Å². The zero-order chi connectivity index (χ0) is 23.2. The molecule has 3 N–H and O–H groups in total. The van der Waals surface area contributed by atoms with Crippen LogP contribution in [0.3, 0.4) is 0 Å². The van der Waals surface area contributed by atoms with E-state index in [4.69, 9.17) is 17.3 Å². The highest BCUT2D eigenvalue weighted by molar-refractivity contribution is 6.30. The minimum absolute atomic E-state index is 0.217. The van der Waals surface area contributed by atoms with E-state index in [1.165, 1.54) is 11.1 Å². The molecule has 1 amide bonds. The number of anilines is 1. The van der Waals surface area contributed by atoms with Gasteiger partial charge in [0, 0.05) is 43.4 Å². The van der Waals surface area contributed by atoms with Crippen LogP contribution in [0.1, 0.15) is 16.7 Å². The molecule has 2 atom stereocenters. The van der Waals surface area contributed by atoms with Gasteiger partial charge in [0.25, 0.3) is 0 Å². The standard InChI is InChI=1S/C27H30ClN3O2/c28-25-9-11-26(12-10-25)30(16-22-8-4-7-21(13-22)15-29)18-24-19-31(27(32)33)17-23(24)14-20-5-2-1-3-6-20/h1-13,23-24H,14-19,29H2,(H,32,33). The maximum absolute atomic E-state index is 11.8. The Bertz CT molecular complexity index is 1060. The van der Waals surface area contributed by atoms with E-state index in [2.05, 4.69) is 29.2 Å². The van der Waals surface area contributed by atoms with Gasteiger partial charge in [-0.2, -0.15) is 0 Å². The summed E-state index contributed by atoms with van der Waals surface area (Å²) in [5.74, 6) is 0.475. The number of carbonyl (C=O) groups is 1. The number of nitrogens with zero attached hydrogens (tertiary/aromatic N) is 2. The van der Waals surface area contributed by atoms with Gasteiger partial charge in [-0.1, -0.05) is 66.2 Å². The van der Waals surface area contributed by atoms with Gasteiger partial charge in [-0.3, -0.25) is 0 Å². The Labute approximate surface area is 200 Å². The molecule has 1 aliphatic heterocycles. The van der Waals surface area contributed by atoms with Crippen molar-refractivity contribution in [2.75, 3.05) is 24.5 Å². The van der Waals surface area contributed by atoms with E-state index >= 15 is 0 Å². The molecule has 5 nitrogen and oxygen atoms in total. The van der Waals surface area contributed by atoms with Gasteiger partial charge in [0.05, 0.1) is 0 Å². The molecule has 0 spiro atoms. The van der Waals surface area contributed by atoms with E-state index in [1.807, 2.05) is 54.6 Å². The molecule has 1 aliphatic rings. The Morgan fingerprint density at radius 3 is 2.30 bits per heavy atom. The summed E-state index contributed by atoms with van der Waals surface area (Å²) in [6.45, 7) is 3.09. The van der Waals surface area contributed by atoms with Crippen LogP contribution in [0.2, 0.25) is 5.02 Å². The summed E-state index contributed by atoms with van der Waals surface area (Å²) in [4.78, 5) is 15.7. The Balaban J connectivity index is 1.59. The minimum Gasteiger partial charge on any atom is -0.465 e. The van der Waals surface area contributed by atoms with E-state index in [0.29, 0.717) is 24.7 Å².